The first-order chi connectivity index (χ1) is 12.4. The molecule has 1 amide bonds. The molecule has 0 fully saturated rings. The normalized spacial score (nSPS) is 11.0. The van der Waals surface area contributed by atoms with Crippen LogP contribution in [0.25, 0.3) is 0 Å². The van der Waals surface area contributed by atoms with E-state index in [-0.39, 0.29) is 29.9 Å². The summed E-state index contributed by atoms with van der Waals surface area (Å²) in [5, 5.41) is 2.78. The van der Waals surface area contributed by atoms with Gasteiger partial charge in [-0.2, -0.15) is 0 Å². The predicted molar refractivity (Wildman–Crippen MR) is 104 cm³/mol. The van der Waals surface area contributed by atoms with Crippen LogP contribution in [0.3, 0.4) is 0 Å². The number of carbonyl (C=O) groups is 2. The van der Waals surface area contributed by atoms with Crippen molar-refractivity contribution in [3.05, 3.63) is 65.7 Å². The van der Waals surface area contributed by atoms with Crippen LogP contribution in [0.4, 0.5) is 0 Å². The minimum atomic E-state index is -0.138. The van der Waals surface area contributed by atoms with Crippen molar-refractivity contribution < 1.29 is 14.3 Å². The molecule has 0 aliphatic carbocycles. The molecule has 0 atom stereocenters. The van der Waals surface area contributed by atoms with Gasteiger partial charge in [-0.05, 0) is 23.1 Å². The van der Waals surface area contributed by atoms with E-state index in [9.17, 15) is 9.59 Å². The third kappa shape index (κ3) is 6.36. The number of nitrogens with one attached hydrogen (secondary N) is 1. The van der Waals surface area contributed by atoms with Gasteiger partial charge in [0.15, 0.2) is 5.78 Å². The number of ether oxygens (including phenoxy) is 1. The monoisotopic (exact) mass is 353 g/mol. The lowest BCUT2D eigenvalue weighted by atomic mass is 9.87. The van der Waals surface area contributed by atoms with Gasteiger partial charge in [0.1, 0.15) is 12.4 Å². The Balaban J connectivity index is 1.65. The molecular formula is C22H27NO3. The summed E-state index contributed by atoms with van der Waals surface area (Å²) >= 11 is 0. The van der Waals surface area contributed by atoms with Crippen LogP contribution in [0.15, 0.2) is 54.6 Å². The molecule has 138 valence electrons. The zero-order valence-corrected chi connectivity index (χ0v) is 15.7. The van der Waals surface area contributed by atoms with Crippen molar-refractivity contribution in [2.75, 3.05) is 13.2 Å². The van der Waals surface area contributed by atoms with Crippen molar-refractivity contribution in [1.82, 2.24) is 5.32 Å². The van der Waals surface area contributed by atoms with E-state index in [2.05, 4.69) is 38.2 Å². The molecule has 0 heterocycles. The van der Waals surface area contributed by atoms with Gasteiger partial charge in [-0.3, -0.25) is 9.59 Å². The zero-order valence-electron chi connectivity index (χ0n) is 15.7. The molecule has 0 aliphatic rings. The maximum absolute atomic E-state index is 12.0. The zero-order chi connectivity index (χ0) is 19.0. The Bertz CT molecular complexity index is 715. The molecule has 0 saturated carbocycles. The molecule has 2 aromatic carbocycles. The summed E-state index contributed by atoms with van der Waals surface area (Å²) in [5.74, 6) is 0.628. The second-order valence-corrected chi connectivity index (χ2v) is 7.26. The van der Waals surface area contributed by atoms with Gasteiger partial charge in [-0.25, -0.2) is 0 Å². The smallest absolute Gasteiger partial charge is 0.220 e. The molecule has 4 heteroatoms. The van der Waals surface area contributed by atoms with E-state index in [1.807, 2.05) is 30.3 Å². The average molecular weight is 353 g/mol. The van der Waals surface area contributed by atoms with Crippen LogP contribution < -0.4 is 10.1 Å². The minimum absolute atomic E-state index is 0.0176. The Morgan fingerprint density at radius 1 is 0.923 bits per heavy atom. The predicted octanol–water partition coefficient (Wildman–Crippen LogP) is 4.14. The molecule has 0 radical (unpaired) electrons. The summed E-state index contributed by atoms with van der Waals surface area (Å²) in [7, 11) is 0. The molecule has 0 aromatic heterocycles. The molecule has 0 spiro atoms. The topological polar surface area (TPSA) is 55.4 Å². The van der Waals surface area contributed by atoms with Crippen molar-refractivity contribution in [3.8, 4) is 5.75 Å². The van der Waals surface area contributed by atoms with Crippen LogP contribution in [0.1, 0.15) is 49.5 Å². The second-order valence-electron chi connectivity index (χ2n) is 7.26. The lowest BCUT2D eigenvalue weighted by molar-refractivity contribution is -0.121. The maximum atomic E-state index is 12.0. The molecule has 1 N–H and O–H groups in total. The summed E-state index contributed by atoms with van der Waals surface area (Å²) in [4.78, 5) is 23.8. The van der Waals surface area contributed by atoms with Crippen molar-refractivity contribution >= 4 is 11.7 Å². The molecule has 0 saturated heterocycles. The number of hydrogen-bond donors (Lipinski definition) is 1. The summed E-state index contributed by atoms with van der Waals surface area (Å²) in [6.45, 7) is 7.31. The van der Waals surface area contributed by atoms with E-state index in [1.54, 1.807) is 12.1 Å². The maximum Gasteiger partial charge on any atom is 0.220 e. The van der Waals surface area contributed by atoms with Gasteiger partial charge in [0, 0.05) is 18.4 Å². The molecule has 2 aromatic rings. The largest absolute Gasteiger partial charge is 0.492 e. The van der Waals surface area contributed by atoms with E-state index >= 15 is 0 Å². The Kier molecular flexibility index (Phi) is 6.96. The average Bonchev–Trinajstić information content (AvgIpc) is 2.63. The molecular weight excluding hydrogens is 326 g/mol. The van der Waals surface area contributed by atoms with Crippen LogP contribution in [0.2, 0.25) is 0 Å². The summed E-state index contributed by atoms with van der Waals surface area (Å²) < 4.78 is 5.64. The fraction of sp³-hybridized carbons (Fsp3) is 0.364. The second kappa shape index (κ2) is 9.18. The summed E-state index contributed by atoms with van der Waals surface area (Å²) in [5.41, 5.74) is 2.01. The first-order valence-corrected chi connectivity index (χ1v) is 8.94. The number of carbonyl (C=O) groups excluding carboxylic acids is 2. The summed E-state index contributed by atoms with van der Waals surface area (Å²) in [6, 6.07) is 17.0. The van der Waals surface area contributed by atoms with E-state index in [0.717, 1.165) is 5.75 Å². The Labute approximate surface area is 155 Å². The highest BCUT2D eigenvalue weighted by Gasteiger charge is 2.13. The van der Waals surface area contributed by atoms with Gasteiger partial charge in [-0.1, -0.05) is 63.2 Å². The SMILES string of the molecule is CC(C)(C)c1ccc(OCCNC(=O)CCC(=O)c2ccccc2)cc1. The van der Waals surface area contributed by atoms with Crippen molar-refractivity contribution in [2.45, 2.75) is 39.0 Å². The van der Waals surface area contributed by atoms with Crippen molar-refractivity contribution in [3.63, 3.8) is 0 Å². The van der Waals surface area contributed by atoms with Crippen LogP contribution in [0, 0.1) is 0 Å². The van der Waals surface area contributed by atoms with Crippen LogP contribution in [-0.2, 0) is 10.2 Å². The van der Waals surface area contributed by atoms with Crippen molar-refractivity contribution in [1.29, 1.82) is 0 Å². The Morgan fingerprint density at radius 3 is 2.19 bits per heavy atom. The fourth-order valence-electron chi connectivity index (χ4n) is 2.49. The van der Waals surface area contributed by atoms with Gasteiger partial charge in [0.25, 0.3) is 0 Å². The van der Waals surface area contributed by atoms with Crippen LogP contribution in [-0.4, -0.2) is 24.8 Å². The molecule has 0 unspecified atom stereocenters. The van der Waals surface area contributed by atoms with E-state index < -0.39 is 0 Å². The first kappa shape index (κ1) is 19.7. The molecule has 0 bridgehead atoms. The number of rotatable bonds is 8. The van der Waals surface area contributed by atoms with Gasteiger partial charge in [0.2, 0.25) is 5.91 Å². The Morgan fingerprint density at radius 2 is 1.58 bits per heavy atom. The minimum Gasteiger partial charge on any atom is -0.492 e. The van der Waals surface area contributed by atoms with Gasteiger partial charge < -0.3 is 10.1 Å². The lowest BCUT2D eigenvalue weighted by Crippen LogP contribution is -2.28. The Hall–Kier alpha value is -2.62. The van der Waals surface area contributed by atoms with E-state index in [0.29, 0.717) is 18.7 Å². The van der Waals surface area contributed by atoms with Crippen LogP contribution in [0.5, 0.6) is 5.75 Å². The summed E-state index contributed by atoms with van der Waals surface area (Å²) in [6.07, 6.45) is 0.402. The number of Topliss-reactive ketones (excluding diaryl/α,β-unsaturated/α-hetero) is 1. The number of benzene rings is 2. The number of hydrogen-bond acceptors (Lipinski definition) is 3. The highest BCUT2D eigenvalue weighted by atomic mass is 16.5. The van der Waals surface area contributed by atoms with Crippen molar-refractivity contribution in [2.24, 2.45) is 0 Å². The molecule has 4 nitrogen and oxygen atoms in total. The first-order valence-electron chi connectivity index (χ1n) is 8.94. The lowest BCUT2D eigenvalue weighted by Gasteiger charge is -2.19. The van der Waals surface area contributed by atoms with Gasteiger partial charge >= 0.3 is 0 Å². The third-order valence-electron chi connectivity index (χ3n) is 4.09. The highest BCUT2D eigenvalue weighted by molar-refractivity contribution is 5.97. The van der Waals surface area contributed by atoms with E-state index in [4.69, 9.17) is 4.74 Å². The standard InChI is InChI=1S/C22H27NO3/c1-22(2,3)18-9-11-19(12-10-18)26-16-15-23-21(25)14-13-20(24)17-7-5-4-6-8-17/h4-12H,13-16H2,1-3H3,(H,23,25). The number of ketones is 1. The van der Waals surface area contributed by atoms with Crippen LogP contribution >= 0.6 is 0 Å². The molecule has 26 heavy (non-hydrogen) atoms. The van der Waals surface area contributed by atoms with Gasteiger partial charge in [0.05, 0.1) is 6.54 Å². The quantitative estimate of drug-likeness (QED) is 0.573. The third-order valence-corrected chi connectivity index (χ3v) is 4.09. The van der Waals surface area contributed by atoms with Gasteiger partial charge in [-0.15, -0.1) is 0 Å². The molecule has 2 rings (SSSR count). The fourth-order valence-corrected chi connectivity index (χ4v) is 2.49. The highest BCUT2D eigenvalue weighted by Crippen LogP contribution is 2.24. The molecule has 0 aliphatic heterocycles. The number of amides is 1. The van der Waals surface area contributed by atoms with E-state index in [1.165, 1.54) is 5.56 Å².